The molecule has 0 amide bonds. The fourth-order valence-corrected chi connectivity index (χ4v) is 3.20. The minimum absolute atomic E-state index is 0.831. The smallest absolute Gasteiger partial charge is 0.130 e. The number of hydrogen-bond acceptors (Lipinski definition) is 2. The molecule has 0 spiro atoms. The molecule has 0 bridgehead atoms. The SMILES string of the molecule is CCCc1cccc2c(-c3c(OC)cccc3OC)cccc12. The second-order valence-electron chi connectivity index (χ2n) is 5.61. The van der Waals surface area contributed by atoms with Crippen molar-refractivity contribution < 1.29 is 9.47 Å². The number of aryl methyl sites for hydroxylation is 1. The molecule has 0 saturated carbocycles. The molecule has 3 aromatic rings. The fraction of sp³-hybridized carbons (Fsp3) is 0.238. The van der Waals surface area contributed by atoms with Gasteiger partial charge in [0.15, 0.2) is 0 Å². The maximum Gasteiger partial charge on any atom is 0.130 e. The fourth-order valence-electron chi connectivity index (χ4n) is 3.20. The zero-order valence-electron chi connectivity index (χ0n) is 13.9. The van der Waals surface area contributed by atoms with Gasteiger partial charge in [-0.15, -0.1) is 0 Å². The number of ether oxygens (including phenoxy) is 2. The molecule has 0 aromatic heterocycles. The lowest BCUT2D eigenvalue weighted by Crippen LogP contribution is -1.94. The van der Waals surface area contributed by atoms with Crippen molar-refractivity contribution in [3.63, 3.8) is 0 Å². The Hall–Kier alpha value is -2.48. The van der Waals surface area contributed by atoms with Crippen molar-refractivity contribution in [1.29, 1.82) is 0 Å². The lowest BCUT2D eigenvalue weighted by molar-refractivity contribution is 0.397. The Morgan fingerprint density at radius 1 is 0.739 bits per heavy atom. The van der Waals surface area contributed by atoms with E-state index in [1.54, 1.807) is 14.2 Å². The summed E-state index contributed by atoms with van der Waals surface area (Å²) >= 11 is 0. The number of rotatable bonds is 5. The van der Waals surface area contributed by atoms with E-state index in [2.05, 4.69) is 43.3 Å². The molecule has 2 nitrogen and oxygen atoms in total. The molecule has 23 heavy (non-hydrogen) atoms. The standard InChI is InChI=1S/C21H22O2/c1-4-8-15-9-5-11-17-16(15)10-6-12-18(17)21-19(22-2)13-7-14-20(21)23-3/h5-7,9-14H,4,8H2,1-3H3. The molecule has 0 radical (unpaired) electrons. The second-order valence-corrected chi connectivity index (χ2v) is 5.61. The maximum atomic E-state index is 5.59. The quantitative estimate of drug-likeness (QED) is 0.621. The van der Waals surface area contributed by atoms with Crippen molar-refractivity contribution in [1.82, 2.24) is 0 Å². The molecule has 0 heterocycles. The van der Waals surface area contributed by atoms with Crippen LogP contribution in [0.1, 0.15) is 18.9 Å². The minimum Gasteiger partial charge on any atom is -0.496 e. The van der Waals surface area contributed by atoms with Gasteiger partial charge in [-0.3, -0.25) is 0 Å². The highest BCUT2D eigenvalue weighted by Gasteiger charge is 2.15. The van der Waals surface area contributed by atoms with E-state index in [0.29, 0.717) is 0 Å². The highest BCUT2D eigenvalue weighted by molar-refractivity contribution is 6.01. The second kappa shape index (κ2) is 6.74. The monoisotopic (exact) mass is 306 g/mol. The summed E-state index contributed by atoms with van der Waals surface area (Å²) < 4.78 is 11.2. The van der Waals surface area contributed by atoms with Crippen LogP contribution in [0.5, 0.6) is 11.5 Å². The predicted octanol–water partition coefficient (Wildman–Crippen LogP) is 5.48. The number of fused-ring (bicyclic) bond motifs is 1. The van der Waals surface area contributed by atoms with Crippen LogP contribution in [0.15, 0.2) is 54.6 Å². The summed E-state index contributed by atoms with van der Waals surface area (Å²) in [6, 6.07) is 18.9. The number of methoxy groups -OCH3 is 2. The first-order chi connectivity index (χ1) is 11.3. The first-order valence-electron chi connectivity index (χ1n) is 8.02. The molecule has 0 fully saturated rings. The number of benzene rings is 3. The van der Waals surface area contributed by atoms with Crippen molar-refractivity contribution >= 4 is 10.8 Å². The van der Waals surface area contributed by atoms with Gasteiger partial charge in [-0.2, -0.15) is 0 Å². The topological polar surface area (TPSA) is 18.5 Å². The molecule has 0 aliphatic heterocycles. The Labute approximate surface area is 137 Å². The van der Waals surface area contributed by atoms with Gasteiger partial charge >= 0.3 is 0 Å². The first kappa shape index (κ1) is 15.4. The lowest BCUT2D eigenvalue weighted by atomic mass is 9.93. The van der Waals surface area contributed by atoms with Gasteiger partial charge in [0.1, 0.15) is 11.5 Å². The third-order valence-corrected chi connectivity index (χ3v) is 4.23. The summed E-state index contributed by atoms with van der Waals surface area (Å²) in [6.07, 6.45) is 2.23. The average Bonchev–Trinajstić information content (AvgIpc) is 2.61. The van der Waals surface area contributed by atoms with E-state index < -0.39 is 0 Å². The highest BCUT2D eigenvalue weighted by atomic mass is 16.5. The van der Waals surface area contributed by atoms with E-state index in [9.17, 15) is 0 Å². The Kier molecular flexibility index (Phi) is 4.52. The van der Waals surface area contributed by atoms with Gasteiger partial charge < -0.3 is 9.47 Å². The van der Waals surface area contributed by atoms with Crippen LogP contribution in [-0.2, 0) is 6.42 Å². The third kappa shape index (κ3) is 2.77. The molecule has 2 heteroatoms. The van der Waals surface area contributed by atoms with Crippen LogP contribution in [0.3, 0.4) is 0 Å². The minimum atomic E-state index is 0.831. The van der Waals surface area contributed by atoms with Gasteiger partial charge in [-0.1, -0.05) is 55.8 Å². The van der Waals surface area contributed by atoms with E-state index in [0.717, 1.165) is 35.5 Å². The Balaban J connectivity index is 2.32. The van der Waals surface area contributed by atoms with Crippen LogP contribution in [0, 0.1) is 0 Å². The molecule has 0 atom stereocenters. The molecule has 0 aliphatic carbocycles. The molecule has 118 valence electrons. The first-order valence-corrected chi connectivity index (χ1v) is 8.02. The van der Waals surface area contributed by atoms with Crippen LogP contribution < -0.4 is 9.47 Å². The molecule has 0 unspecified atom stereocenters. The van der Waals surface area contributed by atoms with Crippen LogP contribution in [0.25, 0.3) is 21.9 Å². The van der Waals surface area contributed by atoms with E-state index in [1.165, 1.54) is 16.3 Å². The van der Waals surface area contributed by atoms with E-state index in [4.69, 9.17) is 9.47 Å². The third-order valence-electron chi connectivity index (χ3n) is 4.23. The average molecular weight is 306 g/mol. The Morgan fingerprint density at radius 2 is 1.35 bits per heavy atom. The zero-order valence-corrected chi connectivity index (χ0v) is 13.9. The maximum absolute atomic E-state index is 5.59. The molecule has 3 rings (SSSR count). The lowest BCUT2D eigenvalue weighted by Gasteiger charge is -2.16. The Bertz CT molecular complexity index is 799. The van der Waals surface area contributed by atoms with Crippen LogP contribution in [-0.4, -0.2) is 14.2 Å². The summed E-state index contributed by atoms with van der Waals surface area (Å²) in [5.74, 6) is 1.66. The van der Waals surface area contributed by atoms with Gasteiger partial charge in [0, 0.05) is 0 Å². The van der Waals surface area contributed by atoms with Gasteiger partial charge in [-0.25, -0.2) is 0 Å². The van der Waals surface area contributed by atoms with Crippen LogP contribution in [0.2, 0.25) is 0 Å². The summed E-state index contributed by atoms with van der Waals surface area (Å²) in [4.78, 5) is 0. The molecular formula is C21H22O2. The summed E-state index contributed by atoms with van der Waals surface area (Å²) in [5.41, 5.74) is 3.55. The summed E-state index contributed by atoms with van der Waals surface area (Å²) in [6.45, 7) is 2.21. The highest BCUT2D eigenvalue weighted by Crippen LogP contribution is 2.41. The van der Waals surface area contributed by atoms with Gasteiger partial charge in [0.25, 0.3) is 0 Å². The predicted molar refractivity (Wildman–Crippen MR) is 96.5 cm³/mol. The molecule has 0 aliphatic rings. The van der Waals surface area contributed by atoms with Crippen LogP contribution in [0.4, 0.5) is 0 Å². The zero-order chi connectivity index (χ0) is 16.2. The van der Waals surface area contributed by atoms with E-state index in [-0.39, 0.29) is 0 Å². The van der Waals surface area contributed by atoms with Gasteiger partial charge in [-0.05, 0) is 40.5 Å². The van der Waals surface area contributed by atoms with Crippen molar-refractivity contribution in [3.05, 3.63) is 60.2 Å². The number of hydrogen-bond donors (Lipinski definition) is 0. The van der Waals surface area contributed by atoms with Crippen molar-refractivity contribution in [2.75, 3.05) is 14.2 Å². The van der Waals surface area contributed by atoms with E-state index in [1.807, 2.05) is 18.2 Å². The molecule has 0 N–H and O–H groups in total. The van der Waals surface area contributed by atoms with Gasteiger partial charge in [0.2, 0.25) is 0 Å². The normalized spacial score (nSPS) is 10.7. The van der Waals surface area contributed by atoms with Crippen molar-refractivity contribution in [2.45, 2.75) is 19.8 Å². The molecular weight excluding hydrogens is 284 g/mol. The Morgan fingerprint density at radius 3 is 2.00 bits per heavy atom. The molecule has 0 saturated heterocycles. The van der Waals surface area contributed by atoms with E-state index >= 15 is 0 Å². The van der Waals surface area contributed by atoms with Gasteiger partial charge in [0.05, 0.1) is 19.8 Å². The molecule has 3 aromatic carbocycles. The van der Waals surface area contributed by atoms with Crippen molar-refractivity contribution in [3.8, 4) is 22.6 Å². The van der Waals surface area contributed by atoms with Crippen LogP contribution >= 0.6 is 0 Å². The summed E-state index contributed by atoms with van der Waals surface area (Å²) in [5, 5.41) is 2.54. The van der Waals surface area contributed by atoms with Crippen molar-refractivity contribution in [2.24, 2.45) is 0 Å². The largest absolute Gasteiger partial charge is 0.496 e. The summed E-state index contributed by atoms with van der Waals surface area (Å²) in [7, 11) is 3.40.